The average Bonchev–Trinajstić information content (AvgIpc) is 3.49. The molecule has 31 heavy (non-hydrogen) atoms. The van der Waals surface area contributed by atoms with Crippen molar-refractivity contribution in [1.29, 1.82) is 0 Å². The molecule has 2 fully saturated rings. The second kappa shape index (κ2) is 8.04. The number of fused-ring (bicyclic) bond motifs is 1. The number of ether oxygens (including phenoxy) is 2. The maximum atomic E-state index is 12.7. The van der Waals surface area contributed by atoms with Gasteiger partial charge < -0.3 is 19.2 Å². The number of hydrogen-bond acceptors (Lipinski definition) is 8. The molecule has 0 aliphatic carbocycles. The van der Waals surface area contributed by atoms with Crippen molar-refractivity contribution < 1.29 is 22.3 Å². The van der Waals surface area contributed by atoms with E-state index in [1.165, 1.54) is 0 Å². The van der Waals surface area contributed by atoms with E-state index in [4.69, 9.17) is 13.9 Å². The molecule has 0 spiro atoms. The lowest BCUT2D eigenvalue weighted by Crippen LogP contribution is -2.44. The molecule has 2 aliphatic rings. The van der Waals surface area contributed by atoms with Gasteiger partial charge in [-0.15, -0.1) is 0 Å². The lowest BCUT2D eigenvalue weighted by atomic mass is 10.1. The average molecular weight is 442 g/mol. The highest BCUT2D eigenvalue weighted by Crippen LogP contribution is 2.30. The fourth-order valence-electron chi connectivity index (χ4n) is 3.86. The molecule has 4 heterocycles. The molecule has 0 unspecified atom stereocenters. The van der Waals surface area contributed by atoms with E-state index < -0.39 is 22.2 Å². The Hall–Kier alpha value is -2.79. The monoisotopic (exact) mass is 442 g/mol. The third-order valence-corrected chi connectivity index (χ3v) is 6.94. The molecule has 2 N–H and O–H groups in total. The minimum absolute atomic E-state index is 0.203. The Morgan fingerprint density at radius 3 is 2.48 bits per heavy atom. The SMILES string of the molecule is Cc1ccc(S(=O)(=O)N[C@@H]2CO[C@@H]3[C@@H]2OC[C@@H]3Nc2nccc(-c3ccco3)n2)cc1. The minimum Gasteiger partial charge on any atom is -0.463 e. The van der Waals surface area contributed by atoms with E-state index in [0.29, 0.717) is 24.0 Å². The number of rotatable bonds is 6. The minimum atomic E-state index is -3.67. The molecule has 0 radical (unpaired) electrons. The van der Waals surface area contributed by atoms with Crippen LogP contribution < -0.4 is 10.0 Å². The number of aromatic nitrogens is 2. The number of sulfonamides is 1. The molecule has 9 nitrogen and oxygen atoms in total. The first kappa shape index (κ1) is 20.1. The first-order chi connectivity index (χ1) is 15.0. The molecule has 2 aromatic heterocycles. The number of aryl methyl sites for hydroxylation is 1. The summed E-state index contributed by atoms with van der Waals surface area (Å²) < 4.78 is 45.4. The van der Waals surface area contributed by atoms with Crippen molar-refractivity contribution in [3.05, 3.63) is 60.5 Å². The van der Waals surface area contributed by atoms with E-state index >= 15 is 0 Å². The maximum absolute atomic E-state index is 12.7. The van der Waals surface area contributed by atoms with E-state index in [-0.39, 0.29) is 23.6 Å². The van der Waals surface area contributed by atoms with Gasteiger partial charge in [-0.05, 0) is 37.3 Å². The molecular formula is C21H22N4O5S. The van der Waals surface area contributed by atoms with E-state index in [1.807, 2.05) is 13.0 Å². The van der Waals surface area contributed by atoms with E-state index in [2.05, 4.69) is 20.0 Å². The summed E-state index contributed by atoms with van der Waals surface area (Å²) in [5, 5.41) is 3.24. The first-order valence-corrected chi connectivity index (χ1v) is 11.4. The number of furan rings is 1. The van der Waals surface area contributed by atoms with Crippen molar-refractivity contribution in [1.82, 2.24) is 14.7 Å². The highest BCUT2D eigenvalue weighted by atomic mass is 32.2. The van der Waals surface area contributed by atoms with Crippen LogP contribution >= 0.6 is 0 Å². The van der Waals surface area contributed by atoms with Crippen molar-refractivity contribution in [2.45, 2.75) is 36.1 Å². The summed E-state index contributed by atoms with van der Waals surface area (Å²) in [4.78, 5) is 8.96. The number of anilines is 1. The third kappa shape index (κ3) is 4.07. The van der Waals surface area contributed by atoms with Gasteiger partial charge in [0.15, 0.2) is 5.76 Å². The van der Waals surface area contributed by atoms with Gasteiger partial charge in [-0.1, -0.05) is 17.7 Å². The Kier molecular flexibility index (Phi) is 5.22. The third-order valence-electron chi connectivity index (χ3n) is 5.43. The quantitative estimate of drug-likeness (QED) is 0.595. The lowest BCUT2D eigenvalue weighted by Gasteiger charge is -2.18. The van der Waals surface area contributed by atoms with Gasteiger partial charge in [-0.3, -0.25) is 0 Å². The van der Waals surface area contributed by atoms with Gasteiger partial charge in [0.25, 0.3) is 0 Å². The normalized spacial score (nSPS) is 25.5. The van der Waals surface area contributed by atoms with Crippen LogP contribution in [0.15, 0.2) is 64.2 Å². The molecule has 162 valence electrons. The van der Waals surface area contributed by atoms with E-state index in [1.54, 1.807) is 48.9 Å². The predicted octanol–water partition coefficient (Wildman–Crippen LogP) is 1.97. The Morgan fingerprint density at radius 2 is 1.74 bits per heavy atom. The van der Waals surface area contributed by atoms with E-state index in [9.17, 15) is 8.42 Å². The molecule has 3 aromatic rings. The molecule has 0 amide bonds. The van der Waals surface area contributed by atoms with Crippen LogP contribution in [-0.2, 0) is 19.5 Å². The summed E-state index contributed by atoms with van der Waals surface area (Å²) in [5.41, 5.74) is 1.66. The Bertz CT molecular complexity index is 1150. The fourth-order valence-corrected chi connectivity index (χ4v) is 5.10. The smallest absolute Gasteiger partial charge is 0.240 e. The highest BCUT2D eigenvalue weighted by Gasteiger charge is 2.49. The zero-order valence-electron chi connectivity index (χ0n) is 16.8. The summed E-state index contributed by atoms with van der Waals surface area (Å²) in [7, 11) is -3.67. The summed E-state index contributed by atoms with van der Waals surface area (Å²) in [5.74, 6) is 1.07. The van der Waals surface area contributed by atoms with Crippen LogP contribution in [0.1, 0.15) is 5.56 Å². The van der Waals surface area contributed by atoms with Gasteiger partial charge >= 0.3 is 0 Å². The largest absolute Gasteiger partial charge is 0.463 e. The molecule has 2 saturated heterocycles. The van der Waals surface area contributed by atoms with Crippen LogP contribution in [0.3, 0.4) is 0 Å². The second-order valence-corrected chi connectivity index (χ2v) is 9.34. The van der Waals surface area contributed by atoms with Crippen LogP contribution in [0.5, 0.6) is 0 Å². The van der Waals surface area contributed by atoms with Crippen molar-refractivity contribution in [2.24, 2.45) is 0 Å². The molecule has 5 rings (SSSR count). The summed E-state index contributed by atoms with van der Waals surface area (Å²) >= 11 is 0. The molecular weight excluding hydrogens is 420 g/mol. The van der Waals surface area contributed by atoms with Gasteiger partial charge in [0.05, 0.1) is 36.5 Å². The summed E-state index contributed by atoms with van der Waals surface area (Å²) in [6.45, 7) is 2.49. The van der Waals surface area contributed by atoms with Crippen LogP contribution in [0.4, 0.5) is 5.95 Å². The van der Waals surface area contributed by atoms with Crippen LogP contribution in [0.25, 0.3) is 11.5 Å². The van der Waals surface area contributed by atoms with Gasteiger partial charge in [-0.25, -0.2) is 23.1 Å². The highest BCUT2D eigenvalue weighted by molar-refractivity contribution is 7.89. The standard InChI is InChI=1S/C21H22N4O5S/c1-13-4-6-14(7-5-13)31(26,27)25-17-12-30-19-16(11-29-20(17)19)24-21-22-9-8-15(23-21)18-3-2-10-28-18/h2-10,16-17,19-20,25H,11-12H2,1H3,(H,22,23,24)/t16-,17+,19-,20+/m0/s1. The van der Waals surface area contributed by atoms with Crippen molar-refractivity contribution >= 4 is 16.0 Å². The molecule has 1 aromatic carbocycles. The topological polar surface area (TPSA) is 116 Å². The molecule has 2 aliphatic heterocycles. The molecule has 10 heteroatoms. The number of nitrogens with one attached hydrogen (secondary N) is 2. The first-order valence-electron chi connectivity index (χ1n) is 9.95. The maximum Gasteiger partial charge on any atom is 0.240 e. The summed E-state index contributed by atoms with van der Waals surface area (Å²) in [6.07, 6.45) is 2.52. The molecule has 0 bridgehead atoms. The van der Waals surface area contributed by atoms with Gasteiger partial charge in [0.2, 0.25) is 16.0 Å². The Balaban J connectivity index is 1.26. The second-order valence-electron chi connectivity index (χ2n) is 7.63. The predicted molar refractivity (Wildman–Crippen MR) is 112 cm³/mol. The lowest BCUT2D eigenvalue weighted by molar-refractivity contribution is 0.0690. The van der Waals surface area contributed by atoms with Gasteiger partial charge in [0.1, 0.15) is 17.9 Å². The number of benzene rings is 1. The van der Waals surface area contributed by atoms with Crippen molar-refractivity contribution in [3.63, 3.8) is 0 Å². The zero-order valence-corrected chi connectivity index (χ0v) is 17.6. The van der Waals surface area contributed by atoms with Gasteiger partial charge in [0, 0.05) is 6.20 Å². The summed E-state index contributed by atoms with van der Waals surface area (Å²) in [6, 6.07) is 11.4. The molecule has 4 atom stereocenters. The Morgan fingerprint density at radius 1 is 1.00 bits per heavy atom. The van der Waals surface area contributed by atoms with Crippen LogP contribution in [-0.4, -0.2) is 55.9 Å². The zero-order chi connectivity index (χ0) is 21.4. The molecule has 0 saturated carbocycles. The van der Waals surface area contributed by atoms with Crippen LogP contribution in [0.2, 0.25) is 0 Å². The van der Waals surface area contributed by atoms with Gasteiger partial charge in [-0.2, -0.15) is 0 Å². The van der Waals surface area contributed by atoms with Crippen molar-refractivity contribution in [3.8, 4) is 11.5 Å². The number of hydrogen-bond donors (Lipinski definition) is 2. The fraction of sp³-hybridized carbons (Fsp3) is 0.333. The van der Waals surface area contributed by atoms with Crippen LogP contribution in [0, 0.1) is 6.92 Å². The van der Waals surface area contributed by atoms with Crippen molar-refractivity contribution in [2.75, 3.05) is 18.5 Å². The number of nitrogens with zero attached hydrogens (tertiary/aromatic N) is 2. The Labute approximate surface area is 179 Å². The van der Waals surface area contributed by atoms with E-state index in [0.717, 1.165) is 5.56 Å².